The molecule has 0 saturated carbocycles. The zero-order valence-electron chi connectivity index (χ0n) is 14.7. The number of rotatable bonds is 8. The van der Waals surface area contributed by atoms with Crippen LogP contribution in [0.5, 0.6) is 0 Å². The van der Waals surface area contributed by atoms with E-state index in [0.29, 0.717) is 6.42 Å². The molecule has 1 aromatic rings. The summed E-state index contributed by atoms with van der Waals surface area (Å²) in [6, 6.07) is 4.23. The highest BCUT2D eigenvalue weighted by Gasteiger charge is 2.24. The molecule has 0 aliphatic heterocycles. The number of hydrogen-bond donors (Lipinski definition) is 1. The van der Waals surface area contributed by atoms with Gasteiger partial charge in [0.15, 0.2) is 6.61 Å². The molecule has 0 heterocycles. The van der Waals surface area contributed by atoms with Crippen molar-refractivity contribution in [3.63, 3.8) is 0 Å². The summed E-state index contributed by atoms with van der Waals surface area (Å²) in [5.41, 5.74) is -0.424. The smallest absolute Gasteiger partial charge is 0.321 e. The molecule has 1 aromatic carbocycles. The standard InChI is InChI=1S/C16H23FN2O5S/c1-5-16(2,3)18-14(20)11-24-15(21)10-19(4)25(22,23)13-8-6-12(17)7-9-13/h6-9H,5,10-11H2,1-4H3,(H,18,20). The molecule has 0 aliphatic carbocycles. The molecule has 140 valence electrons. The molecule has 1 amide bonds. The summed E-state index contributed by atoms with van der Waals surface area (Å²) in [6.07, 6.45) is 0.700. The predicted molar refractivity (Wildman–Crippen MR) is 89.7 cm³/mol. The summed E-state index contributed by atoms with van der Waals surface area (Å²) in [5, 5.41) is 2.69. The van der Waals surface area contributed by atoms with E-state index in [1.54, 1.807) is 0 Å². The number of halogens is 1. The molecule has 0 fully saturated rings. The van der Waals surface area contributed by atoms with E-state index in [1.165, 1.54) is 7.05 Å². The van der Waals surface area contributed by atoms with Crippen molar-refractivity contribution in [1.82, 2.24) is 9.62 Å². The summed E-state index contributed by atoms with van der Waals surface area (Å²) >= 11 is 0. The number of ether oxygens (including phenoxy) is 1. The molecule has 25 heavy (non-hydrogen) atoms. The predicted octanol–water partition coefficient (Wildman–Crippen LogP) is 1.29. The Balaban J connectivity index is 2.59. The van der Waals surface area contributed by atoms with Gasteiger partial charge in [-0.2, -0.15) is 4.31 Å². The fraction of sp³-hybridized carbons (Fsp3) is 0.500. The minimum atomic E-state index is -3.96. The van der Waals surface area contributed by atoms with E-state index >= 15 is 0 Å². The van der Waals surface area contributed by atoms with Crippen LogP contribution in [0.2, 0.25) is 0 Å². The fourth-order valence-electron chi connectivity index (χ4n) is 1.75. The van der Waals surface area contributed by atoms with E-state index in [1.807, 2.05) is 20.8 Å². The Kier molecular flexibility index (Phi) is 7.06. The molecule has 7 nitrogen and oxygen atoms in total. The van der Waals surface area contributed by atoms with Gasteiger partial charge in [0.1, 0.15) is 12.4 Å². The van der Waals surface area contributed by atoms with E-state index in [4.69, 9.17) is 4.74 Å². The lowest BCUT2D eigenvalue weighted by Crippen LogP contribution is -2.45. The van der Waals surface area contributed by atoms with Crippen LogP contribution in [0.4, 0.5) is 4.39 Å². The number of hydrogen-bond acceptors (Lipinski definition) is 5. The van der Waals surface area contributed by atoms with Crippen molar-refractivity contribution < 1.29 is 27.1 Å². The van der Waals surface area contributed by atoms with Crippen LogP contribution in [-0.4, -0.2) is 50.3 Å². The molecule has 0 aromatic heterocycles. The maximum Gasteiger partial charge on any atom is 0.321 e. The lowest BCUT2D eigenvalue weighted by molar-refractivity contribution is -0.149. The zero-order chi connectivity index (χ0) is 19.3. The zero-order valence-corrected chi connectivity index (χ0v) is 15.5. The summed E-state index contributed by atoms with van der Waals surface area (Å²) in [5.74, 6) is -1.90. The molecular formula is C16H23FN2O5S. The van der Waals surface area contributed by atoms with E-state index < -0.39 is 46.4 Å². The van der Waals surface area contributed by atoms with Crippen LogP contribution in [0.1, 0.15) is 27.2 Å². The SMILES string of the molecule is CCC(C)(C)NC(=O)COC(=O)CN(C)S(=O)(=O)c1ccc(F)cc1. The molecule has 0 radical (unpaired) electrons. The molecule has 1 N–H and O–H groups in total. The van der Waals surface area contributed by atoms with E-state index in [-0.39, 0.29) is 4.90 Å². The first-order valence-electron chi connectivity index (χ1n) is 7.66. The maximum absolute atomic E-state index is 12.9. The van der Waals surface area contributed by atoms with E-state index in [9.17, 15) is 22.4 Å². The Morgan fingerprint density at radius 3 is 2.32 bits per heavy atom. The number of benzene rings is 1. The van der Waals surface area contributed by atoms with Crippen LogP contribution >= 0.6 is 0 Å². The number of carbonyl (C=O) groups excluding carboxylic acids is 2. The first-order valence-corrected chi connectivity index (χ1v) is 9.10. The van der Waals surface area contributed by atoms with Gasteiger partial charge in [-0.25, -0.2) is 12.8 Å². The van der Waals surface area contributed by atoms with Gasteiger partial charge in [-0.3, -0.25) is 9.59 Å². The van der Waals surface area contributed by atoms with Crippen molar-refractivity contribution in [2.45, 2.75) is 37.6 Å². The third kappa shape index (κ3) is 6.43. The number of amides is 1. The Bertz CT molecular complexity index is 717. The first-order chi connectivity index (χ1) is 11.5. The van der Waals surface area contributed by atoms with Gasteiger partial charge in [0.25, 0.3) is 5.91 Å². The quantitative estimate of drug-likeness (QED) is 0.692. The highest BCUT2D eigenvalue weighted by Crippen LogP contribution is 2.14. The highest BCUT2D eigenvalue weighted by atomic mass is 32.2. The van der Waals surface area contributed by atoms with Gasteiger partial charge < -0.3 is 10.1 Å². The topological polar surface area (TPSA) is 92.8 Å². The van der Waals surface area contributed by atoms with Crippen molar-refractivity contribution >= 4 is 21.9 Å². The van der Waals surface area contributed by atoms with Gasteiger partial charge in [0, 0.05) is 12.6 Å². The Morgan fingerprint density at radius 1 is 1.24 bits per heavy atom. The third-order valence-corrected chi connectivity index (χ3v) is 5.42. The first kappa shape index (κ1) is 21.0. The van der Waals surface area contributed by atoms with Crippen molar-refractivity contribution in [2.24, 2.45) is 0 Å². The Morgan fingerprint density at radius 2 is 1.80 bits per heavy atom. The van der Waals surface area contributed by atoms with Gasteiger partial charge in [0.2, 0.25) is 10.0 Å². The minimum absolute atomic E-state index is 0.147. The van der Waals surface area contributed by atoms with Gasteiger partial charge in [-0.05, 0) is 44.5 Å². The van der Waals surface area contributed by atoms with Gasteiger partial charge in [0.05, 0.1) is 4.90 Å². The number of carbonyl (C=O) groups is 2. The average Bonchev–Trinajstić information content (AvgIpc) is 2.53. The second-order valence-corrected chi connectivity index (χ2v) is 8.21. The third-order valence-electron chi connectivity index (χ3n) is 3.60. The molecule has 1 rings (SSSR count). The van der Waals surface area contributed by atoms with Crippen LogP contribution < -0.4 is 5.32 Å². The maximum atomic E-state index is 12.9. The molecule has 0 atom stereocenters. The summed E-state index contributed by atoms with van der Waals surface area (Å²) < 4.78 is 43.0. The lowest BCUT2D eigenvalue weighted by Gasteiger charge is -2.24. The van der Waals surface area contributed by atoms with Crippen molar-refractivity contribution in [1.29, 1.82) is 0 Å². The van der Waals surface area contributed by atoms with E-state index in [2.05, 4.69) is 5.32 Å². The minimum Gasteiger partial charge on any atom is -0.455 e. The summed E-state index contributed by atoms with van der Waals surface area (Å²) in [7, 11) is -2.76. The van der Waals surface area contributed by atoms with Crippen LogP contribution in [0.25, 0.3) is 0 Å². The monoisotopic (exact) mass is 374 g/mol. The molecule has 0 saturated heterocycles. The summed E-state index contributed by atoms with van der Waals surface area (Å²) in [4.78, 5) is 23.3. The van der Waals surface area contributed by atoms with Crippen molar-refractivity contribution in [2.75, 3.05) is 20.2 Å². The normalized spacial score (nSPS) is 12.1. The average molecular weight is 374 g/mol. The van der Waals surface area contributed by atoms with Gasteiger partial charge in [-0.1, -0.05) is 6.92 Å². The second kappa shape index (κ2) is 8.39. The fourth-order valence-corrected chi connectivity index (χ4v) is 2.86. The Hall–Kier alpha value is -2.00. The second-order valence-electron chi connectivity index (χ2n) is 6.16. The van der Waals surface area contributed by atoms with Crippen LogP contribution in [0.3, 0.4) is 0 Å². The van der Waals surface area contributed by atoms with Crippen LogP contribution in [0, 0.1) is 5.82 Å². The van der Waals surface area contributed by atoms with E-state index in [0.717, 1.165) is 28.6 Å². The highest BCUT2D eigenvalue weighted by molar-refractivity contribution is 7.89. The van der Waals surface area contributed by atoms with Crippen LogP contribution in [-0.2, 0) is 24.3 Å². The molecule has 0 unspecified atom stereocenters. The number of sulfonamides is 1. The van der Waals surface area contributed by atoms with Crippen molar-refractivity contribution in [3.8, 4) is 0 Å². The number of esters is 1. The Labute approximate surface area is 147 Å². The molecule has 9 heteroatoms. The summed E-state index contributed by atoms with van der Waals surface area (Å²) in [6.45, 7) is 4.50. The molecule has 0 spiro atoms. The van der Waals surface area contributed by atoms with Crippen LogP contribution in [0.15, 0.2) is 29.2 Å². The lowest BCUT2D eigenvalue weighted by atomic mass is 10.0. The number of nitrogens with zero attached hydrogens (tertiary/aromatic N) is 1. The molecule has 0 bridgehead atoms. The number of nitrogens with one attached hydrogen (secondary N) is 1. The molecule has 0 aliphatic rings. The van der Waals surface area contributed by atoms with Gasteiger partial charge >= 0.3 is 5.97 Å². The molecular weight excluding hydrogens is 351 g/mol. The largest absolute Gasteiger partial charge is 0.455 e. The van der Waals surface area contributed by atoms with Gasteiger partial charge in [-0.15, -0.1) is 0 Å². The number of likely N-dealkylation sites (N-methyl/N-ethyl adjacent to an activating group) is 1. The van der Waals surface area contributed by atoms with Crippen molar-refractivity contribution in [3.05, 3.63) is 30.1 Å².